The molecule has 0 atom stereocenters. The summed E-state index contributed by atoms with van der Waals surface area (Å²) < 4.78 is 1.73. The number of hydrogen-bond donors (Lipinski definition) is 2. The van der Waals surface area contributed by atoms with E-state index in [1.54, 1.807) is 30.3 Å². The number of anilines is 3. The number of nitrogens with one attached hydrogen (secondary N) is 2. The van der Waals surface area contributed by atoms with Crippen LogP contribution in [0.1, 0.15) is 5.56 Å². The standard InChI is InChI=1S/C14H15N7/c1-10-3-5-11(6-4-10)17-13-18-12(15-2)19-14(20-13)21-8-7-16-9-21/h3-9H,1-2H3,(H2,15,17,18,19,20). The van der Waals surface area contributed by atoms with E-state index in [2.05, 4.69) is 30.6 Å². The second kappa shape index (κ2) is 5.58. The first kappa shape index (κ1) is 13.0. The zero-order chi connectivity index (χ0) is 14.7. The second-order valence-corrected chi connectivity index (χ2v) is 4.49. The molecule has 7 heteroatoms. The van der Waals surface area contributed by atoms with Crippen molar-refractivity contribution in [3.05, 3.63) is 48.5 Å². The van der Waals surface area contributed by atoms with Crippen molar-refractivity contribution in [2.45, 2.75) is 6.92 Å². The molecule has 2 aromatic heterocycles. The average molecular weight is 281 g/mol. The summed E-state index contributed by atoms with van der Waals surface area (Å²) in [5, 5.41) is 6.10. The van der Waals surface area contributed by atoms with Gasteiger partial charge in [0.1, 0.15) is 6.33 Å². The van der Waals surface area contributed by atoms with Crippen LogP contribution in [0.2, 0.25) is 0 Å². The lowest BCUT2D eigenvalue weighted by atomic mass is 10.2. The summed E-state index contributed by atoms with van der Waals surface area (Å²) in [5.74, 6) is 1.46. The second-order valence-electron chi connectivity index (χ2n) is 4.49. The largest absolute Gasteiger partial charge is 0.357 e. The van der Waals surface area contributed by atoms with Gasteiger partial charge in [-0.1, -0.05) is 17.7 Å². The predicted octanol–water partition coefficient (Wildman–Crippen LogP) is 2.15. The number of aromatic nitrogens is 5. The van der Waals surface area contributed by atoms with Crippen LogP contribution in [0.4, 0.5) is 17.6 Å². The smallest absolute Gasteiger partial charge is 0.241 e. The van der Waals surface area contributed by atoms with E-state index in [9.17, 15) is 0 Å². The van der Waals surface area contributed by atoms with E-state index in [0.29, 0.717) is 17.8 Å². The Kier molecular flexibility index (Phi) is 3.46. The van der Waals surface area contributed by atoms with Gasteiger partial charge in [-0.3, -0.25) is 4.57 Å². The fraction of sp³-hybridized carbons (Fsp3) is 0.143. The Morgan fingerprint density at radius 1 is 1.00 bits per heavy atom. The first-order valence-electron chi connectivity index (χ1n) is 6.50. The van der Waals surface area contributed by atoms with Gasteiger partial charge in [0.05, 0.1) is 0 Å². The topological polar surface area (TPSA) is 80.5 Å². The number of benzene rings is 1. The molecule has 106 valence electrons. The van der Waals surface area contributed by atoms with E-state index < -0.39 is 0 Å². The minimum atomic E-state index is 0.474. The summed E-state index contributed by atoms with van der Waals surface area (Å²) in [5.41, 5.74) is 2.12. The Labute approximate surface area is 122 Å². The Balaban J connectivity index is 1.94. The minimum Gasteiger partial charge on any atom is -0.357 e. The van der Waals surface area contributed by atoms with Crippen molar-refractivity contribution in [1.82, 2.24) is 24.5 Å². The van der Waals surface area contributed by atoms with Crippen LogP contribution in [0.3, 0.4) is 0 Å². The first-order chi connectivity index (χ1) is 10.2. The molecule has 3 rings (SSSR count). The van der Waals surface area contributed by atoms with Gasteiger partial charge in [0, 0.05) is 25.1 Å². The molecule has 0 radical (unpaired) electrons. The molecule has 7 nitrogen and oxygen atoms in total. The molecule has 2 heterocycles. The summed E-state index contributed by atoms with van der Waals surface area (Å²) in [6.07, 6.45) is 5.10. The Hall–Kier alpha value is -2.96. The molecule has 0 bridgehead atoms. The molecule has 0 spiro atoms. The van der Waals surface area contributed by atoms with Crippen LogP contribution in [0.5, 0.6) is 0 Å². The van der Waals surface area contributed by atoms with E-state index in [1.807, 2.05) is 31.2 Å². The van der Waals surface area contributed by atoms with Gasteiger partial charge >= 0.3 is 0 Å². The fourth-order valence-corrected chi connectivity index (χ4v) is 1.79. The van der Waals surface area contributed by atoms with E-state index >= 15 is 0 Å². The van der Waals surface area contributed by atoms with Crippen molar-refractivity contribution in [3.8, 4) is 5.95 Å². The van der Waals surface area contributed by atoms with Gasteiger partial charge in [-0.25, -0.2) is 4.98 Å². The van der Waals surface area contributed by atoms with Crippen molar-refractivity contribution in [3.63, 3.8) is 0 Å². The zero-order valence-electron chi connectivity index (χ0n) is 11.8. The van der Waals surface area contributed by atoms with Crippen LogP contribution in [0.25, 0.3) is 5.95 Å². The van der Waals surface area contributed by atoms with E-state index in [4.69, 9.17) is 0 Å². The van der Waals surface area contributed by atoms with Crippen LogP contribution < -0.4 is 10.6 Å². The van der Waals surface area contributed by atoms with Gasteiger partial charge in [0.2, 0.25) is 17.8 Å². The molecule has 0 aliphatic heterocycles. The van der Waals surface area contributed by atoms with Crippen molar-refractivity contribution < 1.29 is 0 Å². The molecule has 0 aliphatic carbocycles. The Morgan fingerprint density at radius 2 is 1.76 bits per heavy atom. The van der Waals surface area contributed by atoms with Gasteiger partial charge in [0.15, 0.2) is 0 Å². The Morgan fingerprint density at radius 3 is 2.43 bits per heavy atom. The molecular formula is C14H15N7. The molecule has 2 N–H and O–H groups in total. The van der Waals surface area contributed by atoms with Crippen LogP contribution in [-0.4, -0.2) is 31.6 Å². The van der Waals surface area contributed by atoms with Crippen LogP contribution in [0, 0.1) is 6.92 Å². The third-order valence-electron chi connectivity index (χ3n) is 2.89. The number of nitrogens with zero attached hydrogens (tertiary/aromatic N) is 5. The number of hydrogen-bond acceptors (Lipinski definition) is 6. The molecule has 0 amide bonds. The van der Waals surface area contributed by atoms with Crippen molar-refractivity contribution in [2.75, 3.05) is 17.7 Å². The summed E-state index contributed by atoms with van der Waals surface area (Å²) in [7, 11) is 1.77. The molecule has 0 unspecified atom stereocenters. The normalized spacial score (nSPS) is 10.4. The lowest BCUT2D eigenvalue weighted by molar-refractivity contribution is 0.902. The molecule has 0 saturated carbocycles. The summed E-state index contributed by atoms with van der Waals surface area (Å²) >= 11 is 0. The third kappa shape index (κ3) is 2.97. The fourth-order valence-electron chi connectivity index (χ4n) is 1.79. The van der Waals surface area contributed by atoms with Crippen molar-refractivity contribution >= 4 is 17.6 Å². The monoisotopic (exact) mass is 281 g/mol. The lowest BCUT2D eigenvalue weighted by Gasteiger charge is -2.09. The quantitative estimate of drug-likeness (QED) is 0.762. The summed E-state index contributed by atoms with van der Waals surface area (Å²) in [4.78, 5) is 17.0. The highest BCUT2D eigenvalue weighted by atomic mass is 15.3. The van der Waals surface area contributed by atoms with E-state index in [1.165, 1.54) is 5.56 Å². The minimum absolute atomic E-state index is 0.474. The maximum absolute atomic E-state index is 4.39. The molecule has 0 fully saturated rings. The van der Waals surface area contributed by atoms with Crippen molar-refractivity contribution in [2.24, 2.45) is 0 Å². The lowest BCUT2D eigenvalue weighted by Crippen LogP contribution is -2.08. The first-order valence-corrected chi connectivity index (χ1v) is 6.50. The maximum Gasteiger partial charge on any atom is 0.241 e. The number of imidazole rings is 1. The molecular weight excluding hydrogens is 266 g/mol. The Bertz CT molecular complexity index is 720. The SMILES string of the molecule is CNc1nc(Nc2ccc(C)cc2)nc(-n2ccnc2)n1. The van der Waals surface area contributed by atoms with Gasteiger partial charge in [-0.05, 0) is 19.1 Å². The van der Waals surface area contributed by atoms with Crippen LogP contribution in [-0.2, 0) is 0 Å². The van der Waals surface area contributed by atoms with Crippen LogP contribution in [0.15, 0.2) is 43.0 Å². The number of rotatable bonds is 4. The van der Waals surface area contributed by atoms with Crippen molar-refractivity contribution in [1.29, 1.82) is 0 Å². The molecule has 0 aliphatic rings. The molecule has 21 heavy (non-hydrogen) atoms. The highest BCUT2D eigenvalue weighted by molar-refractivity contribution is 5.55. The van der Waals surface area contributed by atoms with Gasteiger partial charge < -0.3 is 10.6 Å². The average Bonchev–Trinajstić information content (AvgIpc) is 3.04. The van der Waals surface area contributed by atoms with Crippen LogP contribution >= 0.6 is 0 Å². The number of aryl methyl sites for hydroxylation is 1. The van der Waals surface area contributed by atoms with Gasteiger partial charge in [0.25, 0.3) is 0 Å². The summed E-state index contributed by atoms with van der Waals surface area (Å²) in [6, 6.07) is 8.02. The highest BCUT2D eigenvalue weighted by Crippen LogP contribution is 2.15. The molecule has 0 saturated heterocycles. The van der Waals surface area contributed by atoms with E-state index in [0.717, 1.165) is 5.69 Å². The zero-order valence-corrected chi connectivity index (χ0v) is 11.8. The third-order valence-corrected chi connectivity index (χ3v) is 2.89. The van der Waals surface area contributed by atoms with E-state index in [-0.39, 0.29) is 0 Å². The van der Waals surface area contributed by atoms with Gasteiger partial charge in [-0.2, -0.15) is 15.0 Å². The predicted molar refractivity (Wildman–Crippen MR) is 81.0 cm³/mol. The maximum atomic E-state index is 4.39. The van der Waals surface area contributed by atoms with Gasteiger partial charge in [-0.15, -0.1) is 0 Å². The summed E-state index contributed by atoms with van der Waals surface area (Å²) in [6.45, 7) is 2.04. The molecule has 3 aromatic rings. The molecule has 1 aromatic carbocycles. The highest BCUT2D eigenvalue weighted by Gasteiger charge is 2.07.